The van der Waals surface area contributed by atoms with E-state index in [0.717, 1.165) is 25.6 Å². The van der Waals surface area contributed by atoms with Crippen LogP contribution in [0.25, 0.3) is 0 Å². The highest BCUT2D eigenvalue weighted by Crippen LogP contribution is 2.21. The van der Waals surface area contributed by atoms with Gasteiger partial charge in [0, 0.05) is 32.3 Å². The molecule has 3 nitrogen and oxygen atoms in total. The third-order valence-corrected chi connectivity index (χ3v) is 5.03. The van der Waals surface area contributed by atoms with E-state index in [4.69, 9.17) is 0 Å². The Morgan fingerprint density at radius 2 is 1.78 bits per heavy atom. The summed E-state index contributed by atoms with van der Waals surface area (Å²) < 4.78 is 0. The predicted molar refractivity (Wildman–Crippen MR) is 97.4 cm³/mol. The van der Waals surface area contributed by atoms with Gasteiger partial charge in [-0.05, 0) is 57.2 Å². The molecule has 0 unspecified atom stereocenters. The zero-order valence-electron chi connectivity index (χ0n) is 15.1. The fourth-order valence-electron chi connectivity index (χ4n) is 3.56. The van der Waals surface area contributed by atoms with Gasteiger partial charge >= 0.3 is 0 Å². The molecule has 1 saturated heterocycles. The summed E-state index contributed by atoms with van der Waals surface area (Å²) in [5, 5.41) is 9.42. The Kier molecular flexibility index (Phi) is 7.54. The number of aliphatic hydroxyl groups excluding tert-OH is 1. The summed E-state index contributed by atoms with van der Waals surface area (Å²) in [6, 6.07) is 11.4. The molecule has 0 amide bonds. The average molecular weight is 319 g/mol. The molecule has 0 aliphatic carbocycles. The summed E-state index contributed by atoms with van der Waals surface area (Å²) in [5.74, 6) is 1.13. The van der Waals surface area contributed by atoms with Crippen LogP contribution in [0.3, 0.4) is 0 Å². The van der Waals surface area contributed by atoms with Crippen molar-refractivity contribution >= 4 is 0 Å². The molecule has 1 aromatic carbocycles. The molecule has 23 heavy (non-hydrogen) atoms. The molecule has 0 spiro atoms. The van der Waals surface area contributed by atoms with Crippen molar-refractivity contribution in [3.05, 3.63) is 35.9 Å². The molecular weight excluding hydrogens is 284 g/mol. The van der Waals surface area contributed by atoms with Gasteiger partial charge in [0.25, 0.3) is 0 Å². The van der Waals surface area contributed by atoms with Crippen molar-refractivity contribution in [3.8, 4) is 0 Å². The van der Waals surface area contributed by atoms with E-state index in [-0.39, 0.29) is 6.61 Å². The van der Waals surface area contributed by atoms with Crippen LogP contribution in [0, 0.1) is 11.8 Å². The van der Waals surface area contributed by atoms with Crippen LogP contribution in [0.2, 0.25) is 0 Å². The minimum atomic E-state index is 0.275. The summed E-state index contributed by atoms with van der Waals surface area (Å²) in [4.78, 5) is 5.14. The maximum atomic E-state index is 9.42. The number of hydrogen-bond acceptors (Lipinski definition) is 3. The van der Waals surface area contributed by atoms with Gasteiger partial charge < -0.3 is 10.0 Å². The Hall–Kier alpha value is -0.900. The van der Waals surface area contributed by atoms with Crippen molar-refractivity contribution in [1.82, 2.24) is 9.80 Å². The number of hydrogen-bond donors (Lipinski definition) is 1. The van der Waals surface area contributed by atoms with Crippen molar-refractivity contribution < 1.29 is 5.11 Å². The Balaban J connectivity index is 1.89. The first-order valence-corrected chi connectivity index (χ1v) is 9.19. The lowest BCUT2D eigenvalue weighted by Gasteiger charge is -2.37. The second-order valence-corrected chi connectivity index (χ2v) is 7.54. The number of likely N-dealkylation sites (tertiary alicyclic amines) is 1. The number of rotatable bonds is 8. The van der Waals surface area contributed by atoms with Gasteiger partial charge in [-0.2, -0.15) is 0 Å². The molecule has 3 heteroatoms. The molecule has 130 valence electrons. The van der Waals surface area contributed by atoms with Crippen LogP contribution < -0.4 is 0 Å². The minimum absolute atomic E-state index is 0.275. The van der Waals surface area contributed by atoms with E-state index in [1.165, 1.54) is 31.5 Å². The monoisotopic (exact) mass is 318 g/mol. The van der Waals surface area contributed by atoms with Gasteiger partial charge in [-0.15, -0.1) is 0 Å². The van der Waals surface area contributed by atoms with Crippen LogP contribution in [0.4, 0.5) is 0 Å². The van der Waals surface area contributed by atoms with Crippen LogP contribution in [0.1, 0.15) is 39.2 Å². The van der Waals surface area contributed by atoms with E-state index < -0.39 is 0 Å². The SMILES string of the molecule is CC(C)N1CCC(CN(Cc2ccccc2)C[C@@H](C)CO)CC1. The first kappa shape index (κ1) is 18.4. The molecule has 0 aromatic heterocycles. The maximum absolute atomic E-state index is 9.42. The first-order valence-electron chi connectivity index (χ1n) is 9.19. The van der Waals surface area contributed by atoms with Crippen LogP contribution in [0.15, 0.2) is 30.3 Å². The van der Waals surface area contributed by atoms with Gasteiger partial charge in [-0.3, -0.25) is 4.90 Å². The van der Waals surface area contributed by atoms with Gasteiger partial charge in [-0.25, -0.2) is 0 Å². The third-order valence-electron chi connectivity index (χ3n) is 5.03. The third kappa shape index (κ3) is 6.25. The van der Waals surface area contributed by atoms with Crippen molar-refractivity contribution in [1.29, 1.82) is 0 Å². The summed E-state index contributed by atoms with van der Waals surface area (Å²) >= 11 is 0. The van der Waals surface area contributed by atoms with E-state index >= 15 is 0 Å². The highest BCUT2D eigenvalue weighted by atomic mass is 16.3. The standard InChI is InChI=1S/C20H34N2O/c1-17(2)22-11-9-20(10-12-22)15-21(13-18(3)16-23)14-19-7-5-4-6-8-19/h4-8,17-18,20,23H,9-16H2,1-3H3/t18-/m1/s1. The van der Waals surface area contributed by atoms with E-state index in [0.29, 0.717) is 12.0 Å². The maximum Gasteiger partial charge on any atom is 0.0468 e. The quantitative estimate of drug-likeness (QED) is 0.797. The number of nitrogens with zero attached hydrogens (tertiary/aromatic N) is 2. The van der Waals surface area contributed by atoms with Crippen LogP contribution in [0.5, 0.6) is 0 Å². The van der Waals surface area contributed by atoms with Gasteiger partial charge in [0.05, 0.1) is 0 Å². The molecule has 1 aromatic rings. The summed E-state index contributed by atoms with van der Waals surface area (Å²) in [5.41, 5.74) is 1.37. The zero-order chi connectivity index (χ0) is 16.7. The predicted octanol–water partition coefficient (Wildman–Crippen LogP) is 3.24. The van der Waals surface area contributed by atoms with E-state index in [2.05, 4.69) is 60.9 Å². The molecule has 1 atom stereocenters. The fourth-order valence-corrected chi connectivity index (χ4v) is 3.56. The lowest BCUT2D eigenvalue weighted by atomic mass is 9.94. The molecule has 0 radical (unpaired) electrons. The van der Waals surface area contributed by atoms with Gasteiger partial charge in [0.15, 0.2) is 0 Å². The second-order valence-electron chi connectivity index (χ2n) is 7.54. The van der Waals surface area contributed by atoms with E-state index in [9.17, 15) is 5.11 Å². The second kappa shape index (κ2) is 9.41. The van der Waals surface area contributed by atoms with Gasteiger partial charge in [0.1, 0.15) is 0 Å². The average Bonchev–Trinajstić information content (AvgIpc) is 2.56. The summed E-state index contributed by atoms with van der Waals surface area (Å²) in [6.45, 7) is 12.6. The topological polar surface area (TPSA) is 26.7 Å². The van der Waals surface area contributed by atoms with Crippen molar-refractivity contribution in [3.63, 3.8) is 0 Å². The van der Waals surface area contributed by atoms with Crippen LogP contribution >= 0.6 is 0 Å². The molecule has 2 rings (SSSR count). The molecule has 0 saturated carbocycles. The molecule has 1 aliphatic heterocycles. The Labute approximate surface area is 142 Å². The van der Waals surface area contributed by atoms with Crippen LogP contribution in [-0.4, -0.2) is 53.7 Å². The Bertz CT molecular complexity index is 427. The zero-order valence-corrected chi connectivity index (χ0v) is 15.1. The minimum Gasteiger partial charge on any atom is -0.396 e. The lowest BCUT2D eigenvalue weighted by Crippen LogP contribution is -2.42. The fraction of sp³-hybridized carbons (Fsp3) is 0.700. The first-order chi connectivity index (χ1) is 11.1. The molecule has 1 heterocycles. The van der Waals surface area contributed by atoms with Crippen molar-refractivity contribution in [2.45, 2.75) is 46.2 Å². The van der Waals surface area contributed by atoms with Crippen LogP contribution in [-0.2, 0) is 6.54 Å². The summed E-state index contributed by atoms with van der Waals surface area (Å²) in [7, 11) is 0. The molecule has 1 fully saturated rings. The molecule has 1 N–H and O–H groups in total. The van der Waals surface area contributed by atoms with Crippen molar-refractivity contribution in [2.24, 2.45) is 11.8 Å². The number of piperidine rings is 1. The molecule has 0 bridgehead atoms. The smallest absolute Gasteiger partial charge is 0.0468 e. The Morgan fingerprint density at radius 1 is 1.13 bits per heavy atom. The highest BCUT2D eigenvalue weighted by Gasteiger charge is 2.23. The molecule has 1 aliphatic rings. The van der Waals surface area contributed by atoms with Crippen molar-refractivity contribution in [2.75, 3.05) is 32.8 Å². The normalized spacial score (nSPS) is 18.7. The van der Waals surface area contributed by atoms with Gasteiger partial charge in [-0.1, -0.05) is 37.3 Å². The summed E-state index contributed by atoms with van der Waals surface area (Å²) in [6.07, 6.45) is 2.61. The molecular formula is C20H34N2O. The lowest BCUT2D eigenvalue weighted by molar-refractivity contribution is 0.104. The number of benzene rings is 1. The van der Waals surface area contributed by atoms with Gasteiger partial charge in [0.2, 0.25) is 0 Å². The van der Waals surface area contributed by atoms with E-state index in [1.807, 2.05) is 0 Å². The van der Waals surface area contributed by atoms with E-state index in [1.54, 1.807) is 0 Å². The number of aliphatic hydroxyl groups is 1. The Morgan fingerprint density at radius 3 is 2.35 bits per heavy atom. The largest absolute Gasteiger partial charge is 0.396 e. The highest BCUT2D eigenvalue weighted by molar-refractivity contribution is 5.14.